The number of aliphatic carboxylic acids is 4. The van der Waals surface area contributed by atoms with Crippen molar-refractivity contribution in [1.29, 1.82) is 0 Å². The normalized spacial score (nSPS) is 12.2. The summed E-state index contributed by atoms with van der Waals surface area (Å²) < 4.78 is 9.59. The van der Waals surface area contributed by atoms with Gasteiger partial charge in [0.1, 0.15) is 0 Å². The summed E-state index contributed by atoms with van der Waals surface area (Å²) in [6.45, 7) is 0.763. The standard InChI is InChI=1S/C19H33N3O13/c1-13(2)12-33-19(31)34-18(35-32)11-22(10-17(29)30)6-4-20(7-14(23)24)3-5-21(8-15(25)26)9-16(27)28/h13,18,32H,3-12H2,1-2H3,(H,23,24)(H,25,26)(H,27,28)(H,29,30). The van der Waals surface area contributed by atoms with Crippen molar-refractivity contribution < 1.29 is 64.0 Å². The van der Waals surface area contributed by atoms with E-state index in [1.807, 2.05) is 0 Å². The molecule has 0 bridgehead atoms. The molecule has 0 aliphatic heterocycles. The highest BCUT2D eigenvalue weighted by Crippen LogP contribution is 2.04. The molecule has 16 nitrogen and oxygen atoms in total. The van der Waals surface area contributed by atoms with Crippen molar-refractivity contribution in [3.05, 3.63) is 0 Å². The van der Waals surface area contributed by atoms with E-state index in [1.54, 1.807) is 13.8 Å². The second-order valence-electron chi connectivity index (χ2n) is 7.90. The van der Waals surface area contributed by atoms with Crippen LogP contribution in [0.15, 0.2) is 0 Å². The summed E-state index contributed by atoms with van der Waals surface area (Å²) in [7, 11) is 0. The summed E-state index contributed by atoms with van der Waals surface area (Å²) in [4.78, 5) is 63.7. The maximum atomic E-state index is 11.7. The minimum absolute atomic E-state index is 0.0155. The molecule has 0 aromatic heterocycles. The molecule has 0 radical (unpaired) electrons. The molecule has 0 heterocycles. The minimum Gasteiger partial charge on any atom is -0.480 e. The molecule has 1 unspecified atom stereocenters. The van der Waals surface area contributed by atoms with Crippen LogP contribution in [-0.2, 0) is 33.5 Å². The number of carbonyl (C=O) groups is 5. The molecule has 5 N–H and O–H groups in total. The van der Waals surface area contributed by atoms with Crippen molar-refractivity contribution in [2.75, 3.05) is 65.5 Å². The molecule has 1 atom stereocenters. The zero-order valence-electron chi connectivity index (χ0n) is 19.6. The van der Waals surface area contributed by atoms with Crippen LogP contribution in [0.4, 0.5) is 4.79 Å². The van der Waals surface area contributed by atoms with Gasteiger partial charge in [-0.25, -0.2) is 10.1 Å². The van der Waals surface area contributed by atoms with Crippen LogP contribution in [-0.4, -0.2) is 142 Å². The zero-order valence-corrected chi connectivity index (χ0v) is 19.6. The molecule has 0 saturated heterocycles. The lowest BCUT2D eigenvalue weighted by atomic mass is 10.2. The van der Waals surface area contributed by atoms with Crippen LogP contribution in [0.2, 0.25) is 0 Å². The van der Waals surface area contributed by atoms with Crippen molar-refractivity contribution in [2.24, 2.45) is 5.92 Å². The first-order valence-corrected chi connectivity index (χ1v) is 10.5. The van der Waals surface area contributed by atoms with Crippen LogP contribution in [0, 0.1) is 5.92 Å². The highest BCUT2D eigenvalue weighted by Gasteiger charge is 2.23. The van der Waals surface area contributed by atoms with Gasteiger partial charge in [-0.1, -0.05) is 13.8 Å². The van der Waals surface area contributed by atoms with E-state index >= 15 is 0 Å². The van der Waals surface area contributed by atoms with Gasteiger partial charge < -0.3 is 29.9 Å². The quantitative estimate of drug-likeness (QED) is 0.0563. The smallest absolute Gasteiger partial charge is 0.480 e. The van der Waals surface area contributed by atoms with Crippen molar-refractivity contribution in [1.82, 2.24) is 14.7 Å². The Morgan fingerprint density at radius 1 is 0.686 bits per heavy atom. The largest absolute Gasteiger partial charge is 0.510 e. The Labute approximate surface area is 201 Å². The molecule has 0 spiro atoms. The van der Waals surface area contributed by atoms with Crippen LogP contribution in [0.1, 0.15) is 13.8 Å². The Morgan fingerprint density at radius 2 is 1.09 bits per heavy atom. The molecular formula is C19H33N3O13. The van der Waals surface area contributed by atoms with Gasteiger partial charge in [0, 0.05) is 26.2 Å². The average molecular weight is 511 g/mol. The number of ether oxygens (including phenoxy) is 2. The van der Waals surface area contributed by atoms with Crippen molar-refractivity contribution in [3.8, 4) is 0 Å². The molecule has 0 saturated carbocycles. The van der Waals surface area contributed by atoms with E-state index < -0.39 is 69.0 Å². The number of carboxylic acids is 4. The molecule has 202 valence electrons. The topological polar surface area (TPSA) is 224 Å². The summed E-state index contributed by atoms with van der Waals surface area (Å²) in [5, 5.41) is 45.2. The molecule has 0 rings (SSSR count). The summed E-state index contributed by atoms with van der Waals surface area (Å²) in [5.41, 5.74) is 0. The van der Waals surface area contributed by atoms with Gasteiger partial charge in [0.15, 0.2) is 0 Å². The lowest BCUT2D eigenvalue weighted by Gasteiger charge is -2.28. The summed E-state index contributed by atoms with van der Waals surface area (Å²) >= 11 is 0. The number of carbonyl (C=O) groups excluding carboxylic acids is 1. The molecule has 35 heavy (non-hydrogen) atoms. The van der Waals surface area contributed by atoms with Crippen LogP contribution in [0.3, 0.4) is 0 Å². The molecule has 16 heteroatoms. The van der Waals surface area contributed by atoms with E-state index in [1.165, 1.54) is 9.80 Å². The first-order valence-electron chi connectivity index (χ1n) is 10.5. The predicted molar refractivity (Wildman–Crippen MR) is 115 cm³/mol. The van der Waals surface area contributed by atoms with Gasteiger partial charge in [-0.2, -0.15) is 4.89 Å². The van der Waals surface area contributed by atoms with E-state index in [-0.39, 0.29) is 38.7 Å². The number of rotatable bonds is 20. The highest BCUT2D eigenvalue weighted by molar-refractivity contribution is 5.72. The average Bonchev–Trinajstić information content (AvgIpc) is 2.71. The second kappa shape index (κ2) is 17.4. The SMILES string of the molecule is CC(C)COC(=O)OC(CN(CCN(CCN(CC(=O)O)CC(=O)O)CC(=O)O)CC(=O)O)OO. The van der Waals surface area contributed by atoms with Gasteiger partial charge in [0.2, 0.25) is 6.29 Å². The molecule has 0 aliphatic rings. The molecule has 0 aromatic rings. The van der Waals surface area contributed by atoms with E-state index in [0.29, 0.717) is 0 Å². The number of nitrogens with zero attached hydrogens (tertiary/aromatic N) is 3. The molecule has 0 fully saturated rings. The highest BCUT2D eigenvalue weighted by atomic mass is 17.1. The van der Waals surface area contributed by atoms with Gasteiger partial charge in [-0.15, -0.1) is 0 Å². The lowest BCUT2D eigenvalue weighted by molar-refractivity contribution is -0.337. The maximum absolute atomic E-state index is 11.7. The Kier molecular flexibility index (Phi) is 15.9. The van der Waals surface area contributed by atoms with Gasteiger partial charge in [0.25, 0.3) is 0 Å². The Morgan fingerprint density at radius 3 is 1.51 bits per heavy atom. The molecule has 0 aromatic carbocycles. The minimum atomic E-state index is -1.59. The van der Waals surface area contributed by atoms with Gasteiger partial charge in [-0.05, 0) is 5.92 Å². The van der Waals surface area contributed by atoms with Crippen LogP contribution in [0.25, 0.3) is 0 Å². The Bertz CT molecular complexity index is 687. The molecular weight excluding hydrogens is 478 g/mol. The lowest BCUT2D eigenvalue weighted by Crippen LogP contribution is -2.46. The fourth-order valence-corrected chi connectivity index (χ4v) is 2.73. The monoisotopic (exact) mass is 511 g/mol. The summed E-state index contributed by atoms with van der Waals surface area (Å²) in [6, 6.07) is 0. The van der Waals surface area contributed by atoms with Crippen LogP contribution >= 0.6 is 0 Å². The van der Waals surface area contributed by atoms with E-state index in [4.69, 9.17) is 35.2 Å². The molecule has 0 aliphatic carbocycles. The maximum Gasteiger partial charge on any atom is 0.510 e. The summed E-state index contributed by atoms with van der Waals surface area (Å²) in [5.74, 6) is -4.98. The van der Waals surface area contributed by atoms with Crippen molar-refractivity contribution >= 4 is 30.0 Å². The van der Waals surface area contributed by atoms with Gasteiger partial charge in [-0.3, -0.25) is 33.9 Å². The number of carboxylic acid groups (broad SMARTS) is 4. The first-order chi connectivity index (χ1) is 16.3. The van der Waals surface area contributed by atoms with Gasteiger partial charge in [0.05, 0.1) is 39.3 Å². The zero-order chi connectivity index (χ0) is 27.0. The third-order valence-corrected chi connectivity index (χ3v) is 4.19. The third-order valence-electron chi connectivity index (χ3n) is 4.19. The van der Waals surface area contributed by atoms with E-state index in [0.717, 1.165) is 4.90 Å². The Balaban J connectivity index is 5.12. The van der Waals surface area contributed by atoms with E-state index in [9.17, 15) is 24.0 Å². The van der Waals surface area contributed by atoms with Crippen molar-refractivity contribution in [3.63, 3.8) is 0 Å². The van der Waals surface area contributed by atoms with Crippen molar-refractivity contribution in [2.45, 2.75) is 20.1 Å². The number of hydrogen-bond donors (Lipinski definition) is 5. The predicted octanol–water partition coefficient (Wildman–Crippen LogP) is -1.14. The molecule has 0 amide bonds. The van der Waals surface area contributed by atoms with Gasteiger partial charge >= 0.3 is 30.0 Å². The second-order valence-corrected chi connectivity index (χ2v) is 7.90. The summed E-state index contributed by atoms with van der Waals surface area (Å²) in [6.07, 6.45) is -2.74. The fraction of sp³-hybridized carbons (Fsp3) is 0.737. The fourth-order valence-electron chi connectivity index (χ4n) is 2.73. The number of hydrogen-bond acceptors (Lipinski definition) is 12. The first kappa shape index (κ1) is 31.9. The van der Waals surface area contributed by atoms with Crippen LogP contribution < -0.4 is 0 Å². The Hall–Kier alpha value is -3.05. The van der Waals surface area contributed by atoms with E-state index in [2.05, 4.69) is 4.89 Å². The van der Waals surface area contributed by atoms with Crippen LogP contribution in [0.5, 0.6) is 0 Å². The third kappa shape index (κ3) is 18.0.